The van der Waals surface area contributed by atoms with Crippen LogP contribution in [0.4, 0.5) is 11.5 Å². The van der Waals surface area contributed by atoms with Gasteiger partial charge in [0.05, 0.1) is 18.8 Å². The van der Waals surface area contributed by atoms with Crippen molar-refractivity contribution in [2.45, 2.75) is 19.8 Å². The quantitative estimate of drug-likeness (QED) is 0.626. The molecule has 2 N–H and O–H groups in total. The third-order valence-corrected chi connectivity index (χ3v) is 3.60. The summed E-state index contributed by atoms with van der Waals surface area (Å²) in [5.74, 6) is 0.705. The molecule has 0 unspecified atom stereocenters. The maximum atomic E-state index is 11.7. The molecule has 6 heteroatoms. The first-order valence-corrected chi connectivity index (χ1v) is 7.54. The van der Waals surface area contributed by atoms with E-state index in [1.165, 1.54) is 0 Å². The fourth-order valence-electron chi connectivity index (χ4n) is 2.35. The van der Waals surface area contributed by atoms with Gasteiger partial charge in [0.15, 0.2) is 5.82 Å². The van der Waals surface area contributed by atoms with Crippen LogP contribution in [-0.2, 0) is 9.53 Å². The molecule has 0 atom stereocenters. The van der Waals surface area contributed by atoms with Crippen LogP contribution in [0.15, 0.2) is 18.3 Å². The summed E-state index contributed by atoms with van der Waals surface area (Å²) in [7, 11) is 0. The maximum Gasteiger partial charge on any atom is 0.320 e. The summed E-state index contributed by atoms with van der Waals surface area (Å²) in [6, 6.07) is 3.70. The molecular formula is C15H24N4O2. The lowest BCUT2D eigenvalue weighted by Crippen LogP contribution is -2.48. The Morgan fingerprint density at radius 3 is 2.81 bits per heavy atom. The molecule has 0 radical (unpaired) electrons. The molecule has 2 heterocycles. The third kappa shape index (κ3) is 4.60. The molecule has 6 nitrogen and oxygen atoms in total. The van der Waals surface area contributed by atoms with Crippen LogP contribution in [0.1, 0.15) is 19.8 Å². The number of anilines is 2. The Balaban J connectivity index is 1.76. The third-order valence-electron chi connectivity index (χ3n) is 3.60. The molecule has 1 aliphatic rings. The number of carbonyl (C=O) groups excluding carboxylic acids is 1. The summed E-state index contributed by atoms with van der Waals surface area (Å²) >= 11 is 0. The molecule has 1 aliphatic heterocycles. The summed E-state index contributed by atoms with van der Waals surface area (Å²) in [5, 5.41) is 0. The van der Waals surface area contributed by atoms with Crippen LogP contribution in [0.2, 0.25) is 0 Å². The minimum atomic E-state index is -0.130. The van der Waals surface area contributed by atoms with Crippen LogP contribution in [0, 0.1) is 0 Å². The molecule has 1 aromatic heterocycles. The second-order valence-electron chi connectivity index (χ2n) is 5.25. The highest BCUT2D eigenvalue weighted by Crippen LogP contribution is 2.20. The van der Waals surface area contributed by atoms with Crippen LogP contribution >= 0.6 is 0 Å². The molecule has 116 valence electrons. The second kappa shape index (κ2) is 7.83. The second-order valence-corrected chi connectivity index (χ2v) is 5.25. The number of rotatable bonds is 6. The average molecular weight is 292 g/mol. The smallest absolute Gasteiger partial charge is 0.320 e. The fourth-order valence-corrected chi connectivity index (χ4v) is 2.35. The van der Waals surface area contributed by atoms with Crippen molar-refractivity contribution < 1.29 is 9.53 Å². The largest absolute Gasteiger partial charge is 0.465 e. The van der Waals surface area contributed by atoms with Crippen LogP contribution in [0.3, 0.4) is 0 Å². The van der Waals surface area contributed by atoms with Crippen molar-refractivity contribution in [1.29, 1.82) is 0 Å². The Kier molecular flexibility index (Phi) is 5.80. The van der Waals surface area contributed by atoms with Gasteiger partial charge in [-0.1, -0.05) is 13.3 Å². The number of nitrogens with two attached hydrogens (primary N) is 1. The lowest BCUT2D eigenvalue weighted by Gasteiger charge is -2.35. The van der Waals surface area contributed by atoms with Crippen LogP contribution < -0.4 is 10.6 Å². The molecule has 2 rings (SSSR count). The van der Waals surface area contributed by atoms with Crippen LogP contribution in [0.25, 0.3) is 0 Å². The van der Waals surface area contributed by atoms with E-state index in [1.54, 1.807) is 6.20 Å². The monoisotopic (exact) mass is 292 g/mol. The van der Waals surface area contributed by atoms with E-state index in [4.69, 9.17) is 10.5 Å². The van der Waals surface area contributed by atoms with Crippen molar-refractivity contribution in [3.63, 3.8) is 0 Å². The van der Waals surface area contributed by atoms with Gasteiger partial charge in [0, 0.05) is 32.4 Å². The number of nitrogens with zero attached hydrogens (tertiary/aromatic N) is 3. The van der Waals surface area contributed by atoms with Gasteiger partial charge in [-0.05, 0) is 18.6 Å². The molecule has 0 spiro atoms. The highest BCUT2D eigenvalue weighted by atomic mass is 16.5. The molecule has 0 aliphatic carbocycles. The summed E-state index contributed by atoms with van der Waals surface area (Å²) in [5.41, 5.74) is 6.64. The molecule has 0 amide bonds. The van der Waals surface area contributed by atoms with Crippen molar-refractivity contribution in [2.24, 2.45) is 0 Å². The molecule has 1 aromatic rings. The standard InChI is InChI=1S/C15H24N4O2/c1-2-3-11-21-14(20)12-18-7-9-19(10-8-18)15-13(16)5-4-6-17-15/h4-6H,2-3,7-12,16H2,1H3. The van der Waals surface area contributed by atoms with E-state index in [1.807, 2.05) is 12.1 Å². The van der Waals surface area contributed by atoms with Crippen molar-refractivity contribution in [1.82, 2.24) is 9.88 Å². The zero-order valence-electron chi connectivity index (χ0n) is 12.6. The zero-order valence-corrected chi connectivity index (χ0v) is 12.6. The van der Waals surface area contributed by atoms with Gasteiger partial charge in [0.1, 0.15) is 0 Å². The first-order chi connectivity index (χ1) is 10.2. The van der Waals surface area contributed by atoms with E-state index in [2.05, 4.69) is 21.7 Å². The van der Waals surface area contributed by atoms with E-state index in [-0.39, 0.29) is 5.97 Å². The molecular weight excluding hydrogens is 268 g/mol. The number of piperazine rings is 1. The average Bonchev–Trinajstić information content (AvgIpc) is 2.49. The Morgan fingerprint density at radius 1 is 1.38 bits per heavy atom. The van der Waals surface area contributed by atoms with E-state index in [9.17, 15) is 4.79 Å². The van der Waals surface area contributed by atoms with Gasteiger partial charge in [0.2, 0.25) is 0 Å². The van der Waals surface area contributed by atoms with E-state index in [0.717, 1.165) is 44.8 Å². The van der Waals surface area contributed by atoms with Gasteiger partial charge in [-0.15, -0.1) is 0 Å². The van der Waals surface area contributed by atoms with Gasteiger partial charge in [-0.3, -0.25) is 9.69 Å². The highest BCUT2D eigenvalue weighted by Gasteiger charge is 2.21. The topological polar surface area (TPSA) is 71.7 Å². The van der Waals surface area contributed by atoms with Gasteiger partial charge in [-0.25, -0.2) is 4.98 Å². The molecule has 1 saturated heterocycles. The Morgan fingerprint density at radius 2 is 2.14 bits per heavy atom. The lowest BCUT2D eigenvalue weighted by atomic mass is 10.3. The van der Waals surface area contributed by atoms with Crippen molar-refractivity contribution in [2.75, 3.05) is 50.0 Å². The number of carbonyl (C=O) groups is 1. The number of ether oxygens (including phenoxy) is 1. The van der Waals surface area contributed by atoms with Crippen molar-refractivity contribution in [3.05, 3.63) is 18.3 Å². The first kappa shape index (κ1) is 15.6. The zero-order chi connectivity index (χ0) is 15.1. The van der Waals surface area contributed by atoms with Crippen molar-refractivity contribution >= 4 is 17.5 Å². The number of pyridine rings is 1. The molecule has 0 saturated carbocycles. The normalized spacial score (nSPS) is 16.0. The summed E-state index contributed by atoms with van der Waals surface area (Å²) in [6.45, 7) is 6.26. The number of aromatic nitrogens is 1. The van der Waals surface area contributed by atoms with Crippen LogP contribution in [-0.4, -0.2) is 55.2 Å². The van der Waals surface area contributed by atoms with Gasteiger partial charge in [-0.2, -0.15) is 0 Å². The van der Waals surface area contributed by atoms with Gasteiger partial charge in [0.25, 0.3) is 0 Å². The van der Waals surface area contributed by atoms with E-state index < -0.39 is 0 Å². The number of hydrogen-bond donors (Lipinski definition) is 1. The predicted octanol–water partition coefficient (Wildman–Crippen LogP) is 1.13. The summed E-state index contributed by atoms with van der Waals surface area (Å²) in [4.78, 5) is 20.3. The SMILES string of the molecule is CCCCOC(=O)CN1CCN(c2ncccc2N)CC1. The van der Waals surface area contributed by atoms with Crippen molar-refractivity contribution in [3.8, 4) is 0 Å². The fraction of sp³-hybridized carbons (Fsp3) is 0.600. The van der Waals surface area contributed by atoms with Gasteiger partial charge >= 0.3 is 5.97 Å². The number of hydrogen-bond acceptors (Lipinski definition) is 6. The number of esters is 1. The van der Waals surface area contributed by atoms with E-state index in [0.29, 0.717) is 18.8 Å². The minimum Gasteiger partial charge on any atom is -0.465 e. The minimum absolute atomic E-state index is 0.130. The Labute approximate surface area is 125 Å². The first-order valence-electron chi connectivity index (χ1n) is 7.54. The summed E-state index contributed by atoms with van der Waals surface area (Å²) in [6.07, 6.45) is 3.72. The molecule has 1 fully saturated rings. The number of nitrogen functional groups attached to an aromatic ring is 1. The predicted molar refractivity (Wildman–Crippen MR) is 83.2 cm³/mol. The molecule has 21 heavy (non-hydrogen) atoms. The van der Waals surface area contributed by atoms with Gasteiger partial charge < -0.3 is 15.4 Å². The highest BCUT2D eigenvalue weighted by molar-refractivity contribution is 5.71. The molecule has 0 aromatic carbocycles. The Bertz CT molecular complexity index is 459. The molecule has 0 bridgehead atoms. The van der Waals surface area contributed by atoms with Crippen LogP contribution in [0.5, 0.6) is 0 Å². The van der Waals surface area contributed by atoms with E-state index >= 15 is 0 Å². The lowest BCUT2D eigenvalue weighted by molar-refractivity contribution is -0.145. The summed E-state index contributed by atoms with van der Waals surface area (Å²) < 4.78 is 5.19. The maximum absolute atomic E-state index is 11.7. The number of unbranched alkanes of at least 4 members (excludes halogenated alkanes) is 1. The Hall–Kier alpha value is -1.82.